The molecule has 0 saturated carbocycles. The third kappa shape index (κ3) is 4.80. The van der Waals surface area contributed by atoms with Crippen molar-refractivity contribution in [2.75, 3.05) is 32.5 Å². The Balaban J connectivity index is 1.43. The van der Waals surface area contributed by atoms with Gasteiger partial charge in [0.05, 0.1) is 24.7 Å². The van der Waals surface area contributed by atoms with E-state index in [1.807, 2.05) is 0 Å². The van der Waals surface area contributed by atoms with E-state index >= 15 is 0 Å². The SMILES string of the molecule is CS(=O)(=O)N1CCO[C@H](CNC(=O)CCc2n[nH]c3c2CCCC3)C1. The van der Waals surface area contributed by atoms with E-state index in [-0.39, 0.29) is 18.6 Å². The second-order valence-electron chi connectivity index (χ2n) is 6.75. The summed E-state index contributed by atoms with van der Waals surface area (Å²) in [5, 5.41) is 10.3. The third-order valence-corrected chi connectivity index (χ3v) is 6.10. The molecule has 1 amide bonds. The molecule has 2 heterocycles. The maximum atomic E-state index is 12.1. The fourth-order valence-electron chi connectivity index (χ4n) is 3.42. The van der Waals surface area contributed by atoms with Crippen molar-refractivity contribution >= 4 is 15.9 Å². The van der Waals surface area contributed by atoms with Crippen LogP contribution in [0.1, 0.15) is 36.2 Å². The van der Waals surface area contributed by atoms with E-state index in [0.717, 1.165) is 18.5 Å². The predicted molar refractivity (Wildman–Crippen MR) is 92.7 cm³/mol. The standard InChI is InChI=1S/C16H26N4O4S/c1-25(22,23)20-8-9-24-12(11-20)10-17-16(21)7-6-15-13-4-2-3-5-14(13)18-19-15/h12H,2-11H2,1H3,(H,17,21)(H,18,19)/t12-/m1/s1. The summed E-state index contributed by atoms with van der Waals surface area (Å²) in [4.78, 5) is 12.1. The molecule has 1 aromatic rings. The molecule has 1 atom stereocenters. The summed E-state index contributed by atoms with van der Waals surface area (Å²) >= 11 is 0. The van der Waals surface area contributed by atoms with E-state index in [1.165, 1.54) is 34.7 Å². The van der Waals surface area contributed by atoms with Gasteiger partial charge in [0.1, 0.15) is 0 Å². The number of carbonyl (C=O) groups excluding carboxylic acids is 1. The van der Waals surface area contributed by atoms with Gasteiger partial charge >= 0.3 is 0 Å². The van der Waals surface area contributed by atoms with Crippen molar-refractivity contribution in [1.29, 1.82) is 0 Å². The molecule has 9 heteroatoms. The van der Waals surface area contributed by atoms with Crippen LogP contribution < -0.4 is 5.32 Å². The molecule has 8 nitrogen and oxygen atoms in total. The Morgan fingerprint density at radius 3 is 3.00 bits per heavy atom. The molecule has 2 aliphatic rings. The minimum atomic E-state index is -3.22. The summed E-state index contributed by atoms with van der Waals surface area (Å²) < 4.78 is 30.1. The van der Waals surface area contributed by atoms with Gasteiger partial charge in [0, 0.05) is 38.2 Å². The molecule has 0 radical (unpaired) electrons. The number of hydrogen-bond donors (Lipinski definition) is 2. The summed E-state index contributed by atoms with van der Waals surface area (Å²) in [5.74, 6) is -0.0624. The van der Waals surface area contributed by atoms with Gasteiger partial charge in [-0.15, -0.1) is 0 Å². The minimum Gasteiger partial charge on any atom is -0.374 e. The summed E-state index contributed by atoms with van der Waals surface area (Å²) in [5.41, 5.74) is 3.51. The second kappa shape index (κ2) is 7.84. The van der Waals surface area contributed by atoms with E-state index in [4.69, 9.17) is 4.74 Å². The first-order valence-electron chi connectivity index (χ1n) is 8.82. The van der Waals surface area contributed by atoms with Crippen molar-refractivity contribution < 1.29 is 17.9 Å². The Labute approximate surface area is 148 Å². The highest BCUT2D eigenvalue weighted by atomic mass is 32.2. The van der Waals surface area contributed by atoms with Crippen molar-refractivity contribution in [2.45, 2.75) is 44.6 Å². The summed E-state index contributed by atoms with van der Waals surface area (Å²) in [6.07, 6.45) is 6.36. The topological polar surface area (TPSA) is 104 Å². The fourth-order valence-corrected chi connectivity index (χ4v) is 4.26. The van der Waals surface area contributed by atoms with Crippen LogP contribution in [0.15, 0.2) is 0 Å². The van der Waals surface area contributed by atoms with E-state index in [2.05, 4.69) is 15.5 Å². The van der Waals surface area contributed by atoms with Crippen LogP contribution >= 0.6 is 0 Å². The number of hydrogen-bond acceptors (Lipinski definition) is 5. The third-order valence-electron chi connectivity index (χ3n) is 4.83. The average Bonchev–Trinajstić information content (AvgIpc) is 3.01. The Morgan fingerprint density at radius 1 is 1.40 bits per heavy atom. The van der Waals surface area contributed by atoms with Gasteiger partial charge in [-0.2, -0.15) is 9.40 Å². The molecular weight excluding hydrogens is 344 g/mol. The van der Waals surface area contributed by atoms with Gasteiger partial charge in [0.2, 0.25) is 15.9 Å². The maximum Gasteiger partial charge on any atom is 0.220 e. The monoisotopic (exact) mass is 370 g/mol. The first-order valence-corrected chi connectivity index (χ1v) is 10.7. The smallest absolute Gasteiger partial charge is 0.220 e. The molecule has 1 aliphatic heterocycles. The quantitative estimate of drug-likeness (QED) is 0.733. The second-order valence-corrected chi connectivity index (χ2v) is 8.73. The summed E-state index contributed by atoms with van der Waals surface area (Å²) in [6, 6.07) is 0. The fraction of sp³-hybridized carbons (Fsp3) is 0.750. The minimum absolute atomic E-state index is 0.0624. The molecule has 0 bridgehead atoms. The van der Waals surface area contributed by atoms with E-state index in [0.29, 0.717) is 32.5 Å². The number of fused-ring (bicyclic) bond motifs is 1. The lowest BCUT2D eigenvalue weighted by atomic mass is 9.94. The Hall–Kier alpha value is -1.45. The molecule has 2 N–H and O–H groups in total. The zero-order valence-electron chi connectivity index (χ0n) is 14.6. The molecular formula is C16H26N4O4S. The van der Waals surface area contributed by atoms with Crippen LogP contribution in [-0.2, 0) is 38.8 Å². The Bertz CT molecular complexity index is 716. The highest BCUT2D eigenvalue weighted by Gasteiger charge is 2.26. The van der Waals surface area contributed by atoms with Crippen molar-refractivity contribution in [3.05, 3.63) is 17.0 Å². The number of rotatable bonds is 6. The molecule has 1 aromatic heterocycles. The zero-order chi connectivity index (χ0) is 17.9. The largest absolute Gasteiger partial charge is 0.374 e. The molecule has 3 rings (SSSR count). The van der Waals surface area contributed by atoms with Crippen molar-refractivity contribution in [3.8, 4) is 0 Å². The van der Waals surface area contributed by atoms with E-state index < -0.39 is 10.0 Å². The number of ether oxygens (including phenoxy) is 1. The number of nitrogens with zero attached hydrogens (tertiary/aromatic N) is 2. The number of aryl methyl sites for hydroxylation is 2. The van der Waals surface area contributed by atoms with Crippen LogP contribution in [0.5, 0.6) is 0 Å². The first kappa shape index (κ1) is 18.3. The highest BCUT2D eigenvalue weighted by Crippen LogP contribution is 2.22. The number of carbonyl (C=O) groups is 1. The number of morpholine rings is 1. The van der Waals surface area contributed by atoms with Gasteiger partial charge in [0.15, 0.2) is 0 Å². The van der Waals surface area contributed by atoms with Gasteiger partial charge in [-0.05, 0) is 31.2 Å². The molecule has 140 valence electrons. The molecule has 1 saturated heterocycles. The van der Waals surface area contributed by atoms with Crippen LogP contribution in [0.4, 0.5) is 0 Å². The van der Waals surface area contributed by atoms with Gasteiger partial charge in [-0.1, -0.05) is 0 Å². The molecule has 1 fully saturated rings. The normalized spacial score (nSPS) is 21.7. The summed E-state index contributed by atoms with van der Waals surface area (Å²) in [7, 11) is -3.22. The lowest BCUT2D eigenvalue weighted by Crippen LogP contribution is -2.49. The number of sulfonamides is 1. The Kier molecular flexibility index (Phi) is 5.75. The molecule has 0 aromatic carbocycles. The van der Waals surface area contributed by atoms with Crippen molar-refractivity contribution in [3.63, 3.8) is 0 Å². The number of aromatic nitrogens is 2. The Morgan fingerprint density at radius 2 is 2.20 bits per heavy atom. The average molecular weight is 370 g/mol. The van der Waals surface area contributed by atoms with Crippen LogP contribution in [0.3, 0.4) is 0 Å². The van der Waals surface area contributed by atoms with E-state index in [1.54, 1.807) is 0 Å². The lowest BCUT2D eigenvalue weighted by Gasteiger charge is -2.31. The molecule has 0 spiro atoms. The molecule has 25 heavy (non-hydrogen) atoms. The number of aromatic amines is 1. The van der Waals surface area contributed by atoms with E-state index in [9.17, 15) is 13.2 Å². The highest BCUT2D eigenvalue weighted by molar-refractivity contribution is 7.88. The number of H-pyrrole nitrogens is 1. The van der Waals surface area contributed by atoms with Crippen LogP contribution in [0, 0.1) is 0 Å². The van der Waals surface area contributed by atoms with Gasteiger partial charge < -0.3 is 10.1 Å². The van der Waals surface area contributed by atoms with Crippen molar-refractivity contribution in [2.24, 2.45) is 0 Å². The number of amides is 1. The first-order chi connectivity index (χ1) is 11.9. The van der Waals surface area contributed by atoms with Crippen molar-refractivity contribution in [1.82, 2.24) is 19.8 Å². The number of nitrogens with one attached hydrogen (secondary N) is 2. The van der Waals surface area contributed by atoms with Crippen LogP contribution in [-0.4, -0.2) is 67.4 Å². The van der Waals surface area contributed by atoms with Crippen LogP contribution in [0.25, 0.3) is 0 Å². The maximum absolute atomic E-state index is 12.1. The zero-order valence-corrected chi connectivity index (χ0v) is 15.4. The predicted octanol–water partition coefficient (Wildman–Crippen LogP) is -0.00230. The van der Waals surface area contributed by atoms with Gasteiger partial charge in [0.25, 0.3) is 0 Å². The molecule has 0 unspecified atom stereocenters. The molecule has 1 aliphatic carbocycles. The summed E-state index contributed by atoms with van der Waals surface area (Å²) in [6.45, 7) is 1.33. The van der Waals surface area contributed by atoms with Crippen LogP contribution in [0.2, 0.25) is 0 Å². The lowest BCUT2D eigenvalue weighted by molar-refractivity contribution is -0.122. The van der Waals surface area contributed by atoms with Gasteiger partial charge in [-0.3, -0.25) is 9.89 Å². The van der Waals surface area contributed by atoms with Gasteiger partial charge in [-0.25, -0.2) is 8.42 Å².